The van der Waals surface area contributed by atoms with Crippen molar-refractivity contribution in [2.75, 3.05) is 0 Å². The summed E-state index contributed by atoms with van der Waals surface area (Å²) in [6.07, 6.45) is 0.469. The molecule has 0 N–H and O–H groups in total. The molecule has 0 saturated carbocycles. The predicted octanol–water partition coefficient (Wildman–Crippen LogP) is 2.20. The summed E-state index contributed by atoms with van der Waals surface area (Å²) in [5.74, 6) is 0. The van der Waals surface area contributed by atoms with Gasteiger partial charge >= 0.3 is 0 Å². The Bertz CT molecular complexity index is 759. The highest BCUT2D eigenvalue weighted by Gasteiger charge is 2.21. The van der Waals surface area contributed by atoms with Gasteiger partial charge in [0.2, 0.25) is 9.84 Å². The molecule has 0 atom stereocenters. The number of nitrogens with zero attached hydrogens (tertiary/aromatic N) is 1. The minimum absolute atomic E-state index is 0.0443. The van der Waals surface area contributed by atoms with E-state index in [0.717, 1.165) is 0 Å². The van der Waals surface area contributed by atoms with E-state index in [4.69, 9.17) is 5.26 Å². The first kappa shape index (κ1) is 13.0. The first-order chi connectivity index (χ1) is 9.09. The van der Waals surface area contributed by atoms with Gasteiger partial charge in [-0.15, -0.1) is 0 Å². The normalized spacial score (nSPS) is 10.7. The fourth-order valence-electron chi connectivity index (χ4n) is 1.66. The van der Waals surface area contributed by atoms with E-state index >= 15 is 0 Å². The SMILES string of the molecule is N#Cc1ccc(C=O)c(S(=O)(=O)c2ccccc2)c1. The summed E-state index contributed by atoms with van der Waals surface area (Å²) in [6.45, 7) is 0. The average molecular weight is 271 g/mol. The Morgan fingerprint density at radius 2 is 1.74 bits per heavy atom. The molecule has 2 aromatic carbocycles. The molecule has 0 aromatic heterocycles. The molecule has 2 rings (SSSR count). The number of benzene rings is 2. The molecule has 0 radical (unpaired) electrons. The Labute approximate surface area is 110 Å². The van der Waals surface area contributed by atoms with E-state index in [1.54, 1.807) is 18.2 Å². The quantitative estimate of drug-likeness (QED) is 0.802. The number of nitriles is 1. The van der Waals surface area contributed by atoms with Gasteiger partial charge in [0.1, 0.15) is 0 Å². The summed E-state index contributed by atoms with van der Waals surface area (Å²) in [5, 5.41) is 8.83. The molecule has 0 amide bonds. The van der Waals surface area contributed by atoms with E-state index in [9.17, 15) is 13.2 Å². The molecule has 0 fully saturated rings. The van der Waals surface area contributed by atoms with Crippen molar-refractivity contribution in [2.45, 2.75) is 9.79 Å². The highest BCUT2D eigenvalue weighted by Crippen LogP contribution is 2.24. The number of sulfone groups is 1. The maximum absolute atomic E-state index is 12.4. The van der Waals surface area contributed by atoms with Crippen molar-refractivity contribution in [1.29, 1.82) is 5.26 Å². The second-order valence-electron chi connectivity index (χ2n) is 3.80. The summed E-state index contributed by atoms with van der Waals surface area (Å²) >= 11 is 0. The fraction of sp³-hybridized carbons (Fsp3) is 0. The van der Waals surface area contributed by atoms with Gasteiger partial charge in [-0.2, -0.15) is 5.26 Å². The van der Waals surface area contributed by atoms with Crippen LogP contribution in [0.1, 0.15) is 15.9 Å². The maximum Gasteiger partial charge on any atom is 0.207 e. The monoisotopic (exact) mass is 271 g/mol. The lowest BCUT2D eigenvalue weighted by molar-refractivity contribution is 0.112. The zero-order valence-electron chi connectivity index (χ0n) is 9.78. The van der Waals surface area contributed by atoms with Crippen molar-refractivity contribution in [2.24, 2.45) is 0 Å². The molecule has 0 bridgehead atoms. The lowest BCUT2D eigenvalue weighted by atomic mass is 10.2. The van der Waals surface area contributed by atoms with Crippen LogP contribution >= 0.6 is 0 Å². The van der Waals surface area contributed by atoms with Gasteiger partial charge in [-0.1, -0.05) is 18.2 Å². The number of carbonyl (C=O) groups excluding carboxylic acids is 1. The molecule has 0 aliphatic rings. The lowest BCUT2D eigenvalue weighted by Crippen LogP contribution is -2.05. The lowest BCUT2D eigenvalue weighted by Gasteiger charge is -2.07. The van der Waals surface area contributed by atoms with Crippen LogP contribution in [-0.2, 0) is 9.84 Å². The van der Waals surface area contributed by atoms with Gasteiger partial charge in [-0.3, -0.25) is 4.79 Å². The Morgan fingerprint density at radius 1 is 1.05 bits per heavy atom. The van der Waals surface area contributed by atoms with Crippen molar-refractivity contribution in [1.82, 2.24) is 0 Å². The number of hydrogen-bond acceptors (Lipinski definition) is 4. The maximum atomic E-state index is 12.4. The minimum atomic E-state index is -3.80. The van der Waals surface area contributed by atoms with Crippen molar-refractivity contribution in [3.8, 4) is 6.07 Å². The molecule has 0 unspecified atom stereocenters. The van der Waals surface area contributed by atoms with Crippen LogP contribution < -0.4 is 0 Å². The van der Waals surface area contributed by atoms with Crippen molar-refractivity contribution in [3.05, 3.63) is 59.7 Å². The first-order valence-electron chi connectivity index (χ1n) is 5.39. The van der Waals surface area contributed by atoms with E-state index < -0.39 is 9.84 Å². The zero-order chi connectivity index (χ0) is 13.9. The summed E-state index contributed by atoms with van der Waals surface area (Å²) in [5.41, 5.74) is 0.239. The van der Waals surface area contributed by atoms with E-state index in [2.05, 4.69) is 0 Å². The van der Waals surface area contributed by atoms with Gasteiger partial charge in [0.15, 0.2) is 6.29 Å². The molecule has 0 aliphatic heterocycles. The third-order valence-corrected chi connectivity index (χ3v) is 4.44. The van der Waals surface area contributed by atoms with E-state index in [-0.39, 0.29) is 20.9 Å². The first-order valence-corrected chi connectivity index (χ1v) is 6.87. The summed E-state index contributed by atoms with van der Waals surface area (Å²) in [7, 11) is -3.80. The number of rotatable bonds is 3. The largest absolute Gasteiger partial charge is 0.298 e. The Morgan fingerprint density at radius 3 is 2.32 bits per heavy atom. The minimum Gasteiger partial charge on any atom is -0.298 e. The summed E-state index contributed by atoms with van der Waals surface area (Å²) < 4.78 is 24.8. The molecule has 94 valence electrons. The molecule has 0 heterocycles. The molecule has 5 heteroatoms. The highest BCUT2D eigenvalue weighted by atomic mass is 32.2. The second kappa shape index (κ2) is 5.04. The molecule has 4 nitrogen and oxygen atoms in total. The molecule has 0 aliphatic carbocycles. The van der Waals surface area contributed by atoms with Crippen LogP contribution in [0.25, 0.3) is 0 Å². The van der Waals surface area contributed by atoms with Gasteiger partial charge in [-0.05, 0) is 30.3 Å². The van der Waals surface area contributed by atoms with Crippen LogP contribution in [0.5, 0.6) is 0 Å². The van der Waals surface area contributed by atoms with Crippen molar-refractivity contribution >= 4 is 16.1 Å². The van der Waals surface area contributed by atoms with Crippen molar-refractivity contribution < 1.29 is 13.2 Å². The molecular weight excluding hydrogens is 262 g/mol. The predicted molar refractivity (Wildman–Crippen MR) is 68.4 cm³/mol. The fourth-order valence-corrected chi connectivity index (χ4v) is 3.14. The van der Waals surface area contributed by atoms with Crippen LogP contribution in [0, 0.1) is 11.3 Å². The van der Waals surface area contributed by atoms with Crippen LogP contribution in [-0.4, -0.2) is 14.7 Å². The molecule has 2 aromatic rings. The number of aldehydes is 1. The third kappa shape index (κ3) is 2.39. The van der Waals surface area contributed by atoms with Crippen LogP contribution in [0.3, 0.4) is 0 Å². The standard InChI is InChI=1S/C14H9NO3S/c15-9-11-6-7-12(10-16)14(8-11)19(17,18)13-4-2-1-3-5-13/h1-8,10H. The van der Waals surface area contributed by atoms with Gasteiger partial charge in [0.05, 0.1) is 21.4 Å². The highest BCUT2D eigenvalue weighted by molar-refractivity contribution is 7.91. The van der Waals surface area contributed by atoms with Gasteiger partial charge in [0.25, 0.3) is 0 Å². The molecular formula is C14H9NO3S. The van der Waals surface area contributed by atoms with Gasteiger partial charge < -0.3 is 0 Å². The Hall–Kier alpha value is -2.45. The van der Waals surface area contributed by atoms with Gasteiger partial charge in [-0.25, -0.2) is 8.42 Å². The van der Waals surface area contributed by atoms with Crippen molar-refractivity contribution in [3.63, 3.8) is 0 Å². The topological polar surface area (TPSA) is 75.0 Å². The zero-order valence-corrected chi connectivity index (χ0v) is 10.6. The van der Waals surface area contributed by atoms with E-state index in [1.165, 1.54) is 30.3 Å². The van der Waals surface area contributed by atoms with E-state index in [1.807, 2.05) is 6.07 Å². The number of hydrogen-bond donors (Lipinski definition) is 0. The summed E-state index contributed by atoms with van der Waals surface area (Å²) in [4.78, 5) is 10.9. The second-order valence-corrected chi connectivity index (χ2v) is 5.72. The van der Waals surface area contributed by atoms with E-state index in [0.29, 0.717) is 6.29 Å². The summed E-state index contributed by atoms with van der Waals surface area (Å²) in [6, 6.07) is 13.6. The third-order valence-electron chi connectivity index (χ3n) is 2.61. The smallest absolute Gasteiger partial charge is 0.207 e. The molecule has 0 saturated heterocycles. The van der Waals surface area contributed by atoms with Crippen LogP contribution in [0.2, 0.25) is 0 Å². The van der Waals surface area contributed by atoms with Crippen LogP contribution in [0.4, 0.5) is 0 Å². The Kier molecular flexibility index (Phi) is 3.45. The number of carbonyl (C=O) groups is 1. The average Bonchev–Trinajstić information content (AvgIpc) is 2.47. The van der Waals surface area contributed by atoms with Gasteiger partial charge in [0, 0.05) is 5.56 Å². The van der Waals surface area contributed by atoms with Crippen LogP contribution in [0.15, 0.2) is 58.3 Å². The molecule has 19 heavy (non-hydrogen) atoms. The molecule has 0 spiro atoms. The Balaban J connectivity index is 2.71.